The van der Waals surface area contributed by atoms with Crippen LogP contribution in [0, 0.1) is 0 Å². The maximum absolute atomic E-state index is 13.0. The summed E-state index contributed by atoms with van der Waals surface area (Å²) in [7, 11) is 1.40. The third kappa shape index (κ3) is 5.08. The van der Waals surface area contributed by atoms with Gasteiger partial charge in [-0.05, 0) is 41.7 Å². The van der Waals surface area contributed by atoms with Gasteiger partial charge in [0.1, 0.15) is 0 Å². The third-order valence-corrected chi connectivity index (χ3v) is 7.33. The van der Waals surface area contributed by atoms with Gasteiger partial charge in [-0.25, -0.2) is 9.79 Å². The first-order valence-electron chi connectivity index (χ1n) is 12.0. The average Bonchev–Trinajstić information content (AvgIpc) is 3.51. The number of rotatable bonds is 8. The second-order valence-corrected chi connectivity index (χ2v) is 9.87. The lowest BCUT2D eigenvalue weighted by Crippen LogP contribution is -2.39. The van der Waals surface area contributed by atoms with Gasteiger partial charge in [0.2, 0.25) is 5.91 Å². The molecule has 1 aromatic rings. The first-order valence-corrected chi connectivity index (χ1v) is 12.8. The van der Waals surface area contributed by atoms with Gasteiger partial charge in [-0.2, -0.15) is 0 Å². The summed E-state index contributed by atoms with van der Waals surface area (Å²) in [6, 6.07) is 7.94. The van der Waals surface area contributed by atoms with Gasteiger partial charge in [-0.15, -0.1) is 0 Å². The van der Waals surface area contributed by atoms with Crippen LogP contribution in [-0.2, 0) is 19.1 Å². The number of carbonyl (C=O) groups excluding carboxylic acids is 2. The number of nitrogens with one attached hydrogen (secondary N) is 1. The molecule has 3 aliphatic rings. The predicted octanol–water partition coefficient (Wildman–Crippen LogP) is 4.63. The lowest BCUT2D eigenvalue weighted by atomic mass is 9.91. The number of methoxy groups -OCH3 is 1. The zero-order valence-electron chi connectivity index (χ0n) is 20.3. The average molecular weight is 484 g/mol. The van der Waals surface area contributed by atoms with Crippen LogP contribution >= 0.6 is 11.8 Å². The Morgan fingerprint density at radius 1 is 1.29 bits per heavy atom. The SMILES string of the molecule is CCC1=C(C(=O)OC)C(c2ccc(C(C)C)cc2)N2C(CC(=O)NCC3CCCO3)=CSC2=N1. The minimum atomic E-state index is -0.400. The Balaban J connectivity index is 1.63. The number of esters is 1. The van der Waals surface area contributed by atoms with Crippen LogP contribution in [0.15, 0.2) is 51.6 Å². The van der Waals surface area contributed by atoms with E-state index in [0.29, 0.717) is 24.5 Å². The quantitative estimate of drug-likeness (QED) is 0.543. The lowest BCUT2D eigenvalue weighted by molar-refractivity contribution is -0.136. The number of aliphatic imine (C=N–C) groups is 1. The van der Waals surface area contributed by atoms with Crippen molar-refractivity contribution < 1.29 is 19.1 Å². The number of hydrogen-bond donors (Lipinski definition) is 1. The van der Waals surface area contributed by atoms with Crippen LogP contribution in [0.25, 0.3) is 0 Å². The van der Waals surface area contributed by atoms with E-state index in [-0.39, 0.29) is 18.4 Å². The van der Waals surface area contributed by atoms with Gasteiger partial charge < -0.3 is 19.7 Å². The number of allylic oxidation sites excluding steroid dienone is 1. The van der Waals surface area contributed by atoms with E-state index in [0.717, 1.165) is 41.6 Å². The molecule has 1 saturated heterocycles. The van der Waals surface area contributed by atoms with Crippen LogP contribution in [0.5, 0.6) is 0 Å². The van der Waals surface area contributed by atoms with Crippen LogP contribution in [0.3, 0.4) is 0 Å². The summed E-state index contributed by atoms with van der Waals surface area (Å²) in [5.41, 5.74) is 4.27. The number of fused-ring (bicyclic) bond motifs is 1. The molecule has 1 aromatic carbocycles. The fourth-order valence-corrected chi connectivity index (χ4v) is 5.49. The highest BCUT2D eigenvalue weighted by atomic mass is 32.2. The highest BCUT2D eigenvalue weighted by molar-refractivity contribution is 8.16. The van der Waals surface area contributed by atoms with E-state index in [9.17, 15) is 9.59 Å². The molecule has 3 aliphatic heterocycles. The molecule has 0 radical (unpaired) electrons. The molecule has 34 heavy (non-hydrogen) atoms. The molecule has 2 atom stereocenters. The number of hydrogen-bond acceptors (Lipinski definition) is 7. The van der Waals surface area contributed by atoms with Gasteiger partial charge >= 0.3 is 5.97 Å². The van der Waals surface area contributed by atoms with Crippen LogP contribution in [-0.4, -0.2) is 48.3 Å². The van der Waals surface area contributed by atoms with Gasteiger partial charge in [0.25, 0.3) is 0 Å². The van der Waals surface area contributed by atoms with Crippen LogP contribution in [0.1, 0.15) is 69.5 Å². The fraction of sp³-hybridized carbons (Fsp3) is 0.500. The Bertz CT molecular complexity index is 1020. The second-order valence-electron chi connectivity index (χ2n) is 9.04. The Hall–Kier alpha value is -2.58. The summed E-state index contributed by atoms with van der Waals surface area (Å²) < 4.78 is 10.8. The maximum atomic E-state index is 13.0. The molecular formula is C26H33N3O4S. The molecular weight excluding hydrogens is 450 g/mol. The maximum Gasteiger partial charge on any atom is 0.338 e. The summed E-state index contributed by atoms with van der Waals surface area (Å²) in [6.45, 7) is 7.58. The van der Waals surface area contributed by atoms with Crippen molar-refractivity contribution >= 4 is 28.8 Å². The second kappa shape index (κ2) is 10.8. The van der Waals surface area contributed by atoms with E-state index in [4.69, 9.17) is 14.5 Å². The molecule has 7 nitrogen and oxygen atoms in total. The number of amidine groups is 1. The highest BCUT2D eigenvalue weighted by Gasteiger charge is 2.41. The molecule has 182 valence electrons. The Morgan fingerprint density at radius 3 is 2.68 bits per heavy atom. The van der Waals surface area contributed by atoms with Gasteiger partial charge in [0.15, 0.2) is 5.17 Å². The molecule has 3 heterocycles. The molecule has 2 unspecified atom stereocenters. The molecule has 1 fully saturated rings. The topological polar surface area (TPSA) is 80.2 Å². The predicted molar refractivity (Wildman–Crippen MR) is 134 cm³/mol. The van der Waals surface area contributed by atoms with Crippen molar-refractivity contribution in [2.45, 2.75) is 64.5 Å². The molecule has 8 heteroatoms. The van der Waals surface area contributed by atoms with E-state index >= 15 is 0 Å². The molecule has 0 saturated carbocycles. The summed E-state index contributed by atoms with van der Waals surface area (Å²) in [5.74, 6) is -0.0521. The molecule has 1 N–H and O–H groups in total. The lowest BCUT2D eigenvalue weighted by Gasteiger charge is -2.36. The molecule has 0 aliphatic carbocycles. The summed E-state index contributed by atoms with van der Waals surface area (Å²) in [5, 5.41) is 5.75. The van der Waals surface area contributed by atoms with Crippen molar-refractivity contribution in [1.29, 1.82) is 0 Å². The molecule has 0 bridgehead atoms. The summed E-state index contributed by atoms with van der Waals surface area (Å²) in [6.07, 6.45) is 2.92. The Labute approximate surface area is 205 Å². The number of benzene rings is 1. The highest BCUT2D eigenvalue weighted by Crippen LogP contribution is 2.45. The number of carbonyl (C=O) groups is 2. The number of thioether (sulfide) groups is 1. The summed E-state index contributed by atoms with van der Waals surface area (Å²) >= 11 is 1.49. The van der Waals surface area contributed by atoms with Crippen molar-refractivity contribution in [2.75, 3.05) is 20.3 Å². The zero-order chi connectivity index (χ0) is 24.2. The van der Waals surface area contributed by atoms with Crippen LogP contribution in [0.4, 0.5) is 0 Å². The summed E-state index contributed by atoms with van der Waals surface area (Å²) in [4.78, 5) is 32.6. The standard InChI is InChI=1S/C26H33N3O4S/c1-5-21-23(25(31)32-4)24(18-10-8-17(9-11-18)16(2)3)29-19(15-34-26(29)28-21)13-22(30)27-14-20-7-6-12-33-20/h8-11,15-16,20,24H,5-7,12-14H2,1-4H3,(H,27,30). The zero-order valence-corrected chi connectivity index (χ0v) is 21.1. The Kier molecular flexibility index (Phi) is 7.78. The minimum absolute atomic E-state index is 0.0672. The smallest absolute Gasteiger partial charge is 0.338 e. The van der Waals surface area contributed by atoms with Crippen molar-refractivity contribution in [3.05, 3.63) is 57.8 Å². The minimum Gasteiger partial charge on any atom is -0.466 e. The van der Waals surface area contributed by atoms with Crippen molar-refractivity contribution in [3.8, 4) is 0 Å². The normalized spacial score (nSPS) is 22.0. The third-order valence-electron chi connectivity index (χ3n) is 6.44. The monoisotopic (exact) mass is 483 g/mol. The van der Waals surface area contributed by atoms with Crippen LogP contribution in [0.2, 0.25) is 0 Å². The van der Waals surface area contributed by atoms with Crippen LogP contribution < -0.4 is 5.32 Å². The van der Waals surface area contributed by atoms with Crippen molar-refractivity contribution in [1.82, 2.24) is 10.2 Å². The molecule has 4 rings (SSSR count). The molecule has 1 amide bonds. The largest absolute Gasteiger partial charge is 0.466 e. The molecule has 0 aromatic heterocycles. The molecule has 0 spiro atoms. The van der Waals surface area contributed by atoms with Crippen molar-refractivity contribution in [3.63, 3.8) is 0 Å². The first-order chi connectivity index (χ1) is 16.4. The van der Waals surface area contributed by atoms with E-state index in [1.807, 2.05) is 17.2 Å². The van der Waals surface area contributed by atoms with Crippen molar-refractivity contribution in [2.24, 2.45) is 4.99 Å². The van der Waals surface area contributed by atoms with E-state index in [2.05, 4.69) is 43.4 Å². The fourth-order valence-electron chi connectivity index (χ4n) is 4.55. The van der Waals surface area contributed by atoms with E-state index < -0.39 is 12.0 Å². The van der Waals surface area contributed by atoms with Gasteiger partial charge in [0, 0.05) is 18.8 Å². The van der Waals surface area contributed by atoms with Gasteiger partial charge in [-0.1, -0.05) is 56.8 Å². The number of amides is 1. The van der Waals surface area contributed by atoms with Gasteiger partial charge in [-0.3, -0.25) is 4.79 Å². The number of ether oxygens (including phenoxy) is 2. The first kappa shape index (κ1) is 24.5. The van der Waals surface area contributed by atoms with E-state index in [1.165, 1.54) is 24.4 Å². The number of nitrogens with zero attached hydrogens (tertiary/aromatic N) is 2. The van der Waals surface area contributed by atoms with E-state index in [1.54, 1.807) is 0 Å². The Morgan fingerprint density at radius 2 is 2.06 bits per heavy atom. The van der Waals surface area contributed by atoms with Gasteiger partial charge in [0.05, 0.1) is 36.9 Å².